The monoisotopic (exact) mass is 357 g/mol. The van der Waals surface area contributed by atoms with Crippen molar-refractivity contribution in [2.75, 3.05) is 57.4 Å². The van der Waals surface area contributed by atoms with Crippen molar-refractivity contribution in [1.29, 1.82) is 0 Å². The van der Waals surface area contributed by atoms with Crippen LogP contribution in [-0.2, 0) is 4.74 Å². The van der Waals surface area contributed by atoms with Crippen LogP contribution in [0.4, 0.5) is 5.69 Å². The second-order valence-electron chi connectivity index (χ2n) is 7.81. The molecule has 0 N–H and O–H groups in total. The fourth-order valence-corrected chi connectivity index (χ4v) is 4.54. The molecule has 1 aromatic rings. The molecule has 5 nitrogen and oxygen atoms in total. The molecule has 1 aromatic carbocycles. The van der Waals surface area contributed by atoms with Crippen molar-refractivity contribution in [3.63, 3.8) is 0 Å². The first-order chi connectivity index (χ1) is 12.8. The number of likely N-dealkylation sites (tertiary alicyclic amines) is 2. The summed E-state index contributed by atoms with van der Waals surface area (Å²) in [7, 11) is 0. The molecule has 0 aliphatic carbocycles. The summed E-state index contributed by atoms with van der Waals surface area (Å²) in [6, 6.07) is 8.57. The van der Waals surface area contributed by atoms with Gasteiger partial charge in [0, 0.05) is 43.5 Å². The number of morpholine rings is 1. The standard InChI is InChI=1S/C21H31N3O2/c25-21(18-6-5-8-19(16-18)23-12-14-26-15-13-23)24-11-2-1-7-20(24)17-22-9-3-4-10-22/h5-6,8,16,20H,1-4,7,9-15,17H2/t20-/m0/s1. The minimum Gasteiger partial charge on any atom is -0.378 e. The lowest BCUT2D eigenvalue weighted by molar-refractivity contribution is 0.0560. The van der Waals surface area contributed by atoms with Crippen molar-refractivity contribution >= 4 is 11.6 Å². The van der Waals surface area contributed by atoms with Gasteiger partial charge >= 0.3 is 0 Å². The Morgan fingerprint density at radius 2 is 1.77 bits per heavy atom. The SMILES string of the molecule is O=C(c1cccc(N2CCOCC2)c1)N1CCCC[C@H]1CN1CCCC1. The predicted octanol–water partition coefficient (Wildman–Crippen LogP) is 2.61. The van der Waals surface area contributed by atoms with E-state index >= 15 is 0 Å². The second kappa shape index (κ2) is 8.40. The van der Waals surface area contributed by atoms with Crippen LogP contribution in [0.25, 0.3) is 0 Å². The van der Waals surface area contributed by atoms with Gasteiger partial charge in [-0.1, -0.05) is 6.07 Å². The first kappa shape index (κ1) is 17.8. The molecule has 1 atom stereocenters. The van der Waals surface area contributed by atoms with Gasteiger partial charge in [0.15, 0.2) is 0 Å². The molecule has 0 aromatic heterocycles. The molecule has 0 spiro atoms. The van der Waals surface area contributed by atoms with Gasteiger partial charge in [-0.2, -0.15) is 0 Å². The summed E-state index contributed by atoms with van der Waals surface area (Å²) in [4.78, 5) is 20.3. The number of benzene rings is 1. The average molecular weight is 357 g/mol. The van der Waals surface area contributed by atoms with E-state index in [-0.39, 0.29) is 5.91 Å². The Balaban J connectivity index is 1.47. The summed E-state index contributed by atoms with van der Waals surface area (Å²) in [6.07, 6.45) is 6.14. The highest BCUT2D eigenvalue weighted by Crippen LogP contribution is 2.24. The summed E-state index contributed by atoms with van der Waals surface area (Å²) in [5.74, 6) is 0.212. The highest BCUT2D eigenvalue weighted by Gasteiger charge is 2.30. The van der Waals surface area contributed by atoms with Gasteiger partial charge in [-0.3, -0.25) is 4.79 Å². The molecular weight excluding hydrogens is 326 g/mol. The summed E-state index contributed by atoms with van der Waals surface area (Å²) < 4.78 is 5.45. The number of rotatable bonds is 4. The van der Waals surface area contributed by atoms with E-state index in [1.165, 1.54) is 32.4 Å². The number of anilines is 1. The van der Waals surface area contributed by atoms with Gasteiger partial charge in [-0.25, -0.2) is 0 Å². The number of hydrogen-bond acceptors (Lipinski definition) is 4. The number of amides is 1. The normalized spacial score (nSPS) is 24.8. The maximum Gasteiger partial charge on any atom is 0.254 e. The molecule has 0 bridgehead atoms. The second-order valence-corrected chi connectivity index (χ2v) is 7.81. The van der Waals surface area contributed by atoms with Crippen LogP contribution in [0, 0.1) is 0 Å². The van der Waals surface area contributed by atoms with E-state index in [1.54, 1.807) is 0 Å². The lowest BCUT2D eigenvalue weighted by atomic mass is 10.00. The first-order valence-corrected chi connectivity index (χ1v) is 10.3. The van der Waals surface area contributed by atoms with E-state index in [4.69, 9.17) is 4.74 Å². The lowest BCUT2D eigenvalue weighted by Crippen LogP contribution is -2.49. The van der Waals surface area contributed by atoms with Gasteiger partial charge < -0.3 is 19.4 Å². The molecule has 26 heavy (non-hydrogen) atoms. The molecule has 3 fully saturated rings. The average Bonchev–Trinajstić information content (AvgIpc) is 3.22. The summed E-state index contributed by atoms with van der Waals surface area (Å²) in [5, 5.41) is 0. The maximum absolute atomic E-state index is 13.3. The van der Waals surface area contributed by atoms with Crippen molar-refractivity contribution in [1.82, 2.24) is 9.80 Å². The van der Waals surface area contributed by atoms with Gasteiger partial charge in [-0.15, -0.1) is 0 Å². The number of carbonyl (C=O) groups excluding carboxylic acids is 1. The fraction of sp³-hybridized carbons (Fsp3) is 0.667. The molecule has 3 aliphatic rings. The van der Waals surface area contributed by atoms with Crippen molar-refractivity contribution in [3.05, 3.63) is 29.8 Å². The highest BCUT2D eigenvalue weighted by molar-refractivity contribution is 5.95. The predicted molar refractivity (Wildman–Crippen MR) is 104 cm³/mol. The van der Waals surface area contributed by atoms with Crippen LogP contribution >= 0.6 is 0 Å². The zero-order valence-corrected chi connectivity index (χ0v) is 15.7. The Morgan fingerprint density at radius 1 is 1.00 bits per heavy atom. The minimum atomic E-state index is 0.212. The number of nitrogens with zero attached hydrogens (tertiary/aromatic N) is 3. The van der Waals surface area contributed by atoms with E-state index in [2.05, 4.69) is 26.8 Å². The molecule has 4 rings (SSSR count). The molecule has 142 valence electrons. The lowest BCUT2D eigenvalue weighted by Gasteiger charge is -2.38. The van der Waals surface area contributed by atoms with E-state index < -0.39 is 0 Å². The number of carbonyl (C=O) groups is 1. The number of ether oxygens (including phenoxy) is 1. The van der Waals surface area contributed by atoms with Gasteiger partial charge in [0.25, 0.3) is 5.91 Å². The smallest absolute Gasteiger partial charge is 0.254 e. The van der Waals surface area contributed by atoms with Crippen LogP contribution in [0.3, 0.4) is 0 Å². The van der Waals surface area contributed by atoms with Crippen LogP contribution in [0.5, 0.6) is 0 Å². The molecule has 0 radical (unpaired) electrons. The molecule has 0 unspecified atom stereocenters. The molecule has 0 saturated carbocycles. The van der Waals surface area contributed by atoms with Crippen molar-refractivity contribution < 1.29 is 9.53 Å². The molecule has 1 amide bonds. The number of hydrogen-bond donors (Lipinski definition) is 0. The summed E-state index contributed by atoms with van der Waals surface area (Å²) in [6.45, 7) is 7.69. The highest BCUT2D eigenvalue weighted by atomic mass is 16.5. The first-order valence-electron chi connectivity index (χ1n) is 10.3. The molecular formula is C21H31N3O2. The quantitative estimate of drug-likeness (QED) is 0.830. The van der Waals surface area contributed by atoms with Gasteiger partial charge in [0.2, 0.25) is 0 Å². The molecule has 3 aliphatic heterocycles. The third kappa shape index (κ3) is 4.04. The van der Waals surface area contributed by atoms with Gasteiger partial charge in [0.1, 0.15) is 0 Å². The van der Waals surface area contributed by atoms with Crippen LogP contribution in [0.2, 0.25) is 0 Å². The third-order valence-electron chi connectivity index (χ3n) is 6.02. The largest absolute Gasteiger partial charge is 0.378 e. The summed E-state index contributed by atoms with van der Waals surface area (Å²) >= 11 is 0. The molecule has 3 saturated heterocycles. The molecule has 3 heterocycles. The Morgan fingerprint density at radius 3 is 2.58 bits per heavy atom. The number of piperidine rings is 1. The zero-order chi connectivity index (χ0) is 17.8. The van der Waals surface area contributed by atoms with Gasteiger partial charge in [0.05, 0.1) is 13.2 Å². The maximum atomic E-state index is 13.3. The Kier molecular flexibility index (Phi) is 5.75. The van der Waals surface area contributed by atoms with Crippen LogP contribution in [0.15, 0.2) is 24.3 Å². The Hall–Kier alpha value is -1.59. The van der Waals surface area contributed by atoms with Crippen molar-refractivity contribution in [2.45, 2.75) is 38.1 Å². The van der Waals surface area contributed by atoms with Gasteiger partial charge in [-0.05, 0) is 63.4 Å². The minimum absolute atomic E-state index is 0.212. The van der Waals surface area contributed by atoms with E-state index in [0.717, 1.165) is 63.5 Å². The Bertz CT molecular complexity index is 609. The third-order valence-corrected chi connectivity index (χ3v) is 6.02. The van der Waals surface area contributed by atoms with E-state index in [1.807, 2.05) is 12.1 Å². The van der Waals surface area contributed by atoms with Crippen LogP contribution in [0.1, 0.15) is 42.5 Å². The summed E-state index contributed by atoms with van der Waals surface area (Å²) in [5.41, 5.74) is 1.98. The van der Waals surface area contributed by atoms with Crippen LogP contribution in [-0.4, -0.2) is 74.2 Å². The van der Waals surface area contributed by atoms with E-state index in [0.29, 0.717) is 6.04 Å². The van der Waals surface area contributed by atoms with E-state index in [9.17, 15) is 4.79 Å². The molecule has 5 heteroatoms. The fourth-order valence-electron chi connectivity index (χ4n) is 4.54. The van der Waals surface area contributed by atoms with Crippen molar-refractivity contribution in [3.8, 4) is 0 Å². The zero-order valence-electron chi connectivity index (χ0n) is 15.7. The van der Waals surface area contributed by atoms with Crippen molar-refractivity contribution in [2.24, 2.45) is 0 Å². The van der Waals surface area contributed by atoms with Crippen LogP contribution < -0.4 is 4.90 Å². The Labute approximate surface area is 156 Å². The topological polar surface area (TPSA) is 36.0 Å².